The van der Waals surface area contributed by atoms with E-state index in [0.717, 1.165) is 32.2 Å². The van der Waals surface area contributed by atoms with Gasteiger partial charge in [0.15, 0.2) is 5.69 Å². The molecule has 3 rings (SSSR count). The Balaban J connectivity index is 1.66. The molecule has 0 aliphatic carbocycles. The number of aliphatic hydroxyl groups excluding tert-OH is 1. The summed E-state index contributed by atoms with van der Waals surface area (Å²) in [5, 5.41) is 9.64. The second-order valence-corrected chi connectivity index (χ2v) is 5.73. The van der Waals surface area contributed by atoms with E-state index in [9.17, 15) is 13.9 Å². The van der Waals surface area contributed by atoms with E-state index in [1.165, 1.54) is 12.4 Å². The summed E-state index contributed by atoms with van der Waals surface area (Å²) in [5.41, 5.74) is -0.535. The van der Waals surface area contributed by atoms with Crippen LogP contribution in [0.1, 0.15) is 37.8 Å². The molecule has 21 heavy (non-hydrogen) atoms. The van der Waals surface area contributed by atoms with Gasteiger partial charge in [-0.1, -0.05) is 0 Å². The summed E-state index contributed by atoms with van der Waals surface area (Å²) in [6.07, 6.45) is 3.79. The molecule has 5 nitrogen and oxygen atoms in total. The third kappa shape index (κ3) is 2.60. The van der Waals surface area contributed by atoms with E-state index < -0.39 is 12.1 Å². The molecule has 2 aliphatic rings. The quantitative estimate of drug-likeness (QED) is 0.898. The molecule has 1 aromatic rings. The third-order valence-corrected chi connectivity index (χ3v) is 4.64. The van der Waals surface area contributed by atoms with Gasteiger partial charge in [-0.25, -0.2) is 18.7 Å². The average molecular weight is 299 g/mol. The molecule has 2 atom stereocenters. The van der Waals surface area contributed by atoms with Gasteiger partial charge in [0.05, 0.1) is 6.61 Å². The van der Waals surface area contributed by atoms with Crippen LogP contribution in [-0.4, -0.2) is 51.3 Å². The third-order valence-electron chi connectivity index (χ3n) is 4.64. The maximum Gasteiger partial charge on any atom is 0.285 e. The summed E-state index contributed by atoms with van der Waals surface area (Å²) in [6, 6.07) is 0.146. The Bertz CT molecular complexity index is 503. The fourth-order valence-corrected chi connectivity index (χ4v) is 3.58. The lowest BCUT2D eigenvalue weighted by Crippen LogP contribution is -2.46. The Morgan fingerprint density at radius 1 is 1.38 bits per heavy atom. The lowest BCUT2D eigenvalue weighted by Gasteiger charge is -2.33. The van der Waals surface area contributed by atoms with Crippen molar-refractivity contribution >= 4 is 0 Å². The molecule has 3 heterocycles. The number of nitrogens with zero attached hydrogens (tertiary/aromatic N) is 3. The number of alkyl halides is 2. The Labute approximate surface area is 122 Å². The molecule has 1 N–H and O–H groups in total. The Hall–Kier alpha value is -1.34. The van der Waals surface area contributed by atoms with E-state index >= 15 is 0 Å². The Morgan fingerprint density at radius 3 is 2.95 bits per heavy atom. The molecule has 7 heteroatoms. The lowest BCUT2D eigenvalue weighted by atomic mass is 9.95. The van der Waals surface area contributed by atoms with Gasteiger partial charge in [-0.15, -0.1) is 0 Å². The predicted molar refractivity (Wildman–Crippen MR) is 71.3 cm³/mol. The first-order chi connectivity index (χ1) is 10.2. The first-order valence-corrected chi connectivity index (χ1v) is 7.26. The van der Waals surface area contributed by atoms with Gasteiger partial charge >= 0.3 is 0 Å². The molecule has 0 bridgehead atoms. The largest absolute Gasteiger partial charge is 0.475 e. The first kappa shape index (κ1) is 14.6. The van der Waals surface area contributed by atoms with E-state index in [4.69, 9.17) is 4.74 Å². The minimum absolute atomic E-state index is 0.0896. The van der Waals surface area contributed by atoms with Crippen molar-refractivity contribution in [1.82, 2.24) is 14.9 Å². The zero-order valence-corrected chi connectivity index (χ0v) is 11.7. The zero-order chi connectivity index (χ0) is 14.9. The van der Waals surface area contributed by atoms with Crippen molar-refractivity contribution in [1.29, 1.82) is 0 Å². The number of hydrogen-bond donors (Lipinski definition) is 1. The van der Waals surface area contributed by atoms with Crippen LogP contribution in [0.3, 0.4) is 0 Å². The van der Waals surface area contributed by atoms with Crippen molar-refractivity contribution in [2.75, 3.05) is 19.8 Å². The number of aliphatic hydroxyl groups is 1. The molecule has 116 valence electrons. The lowest BCUT2D eigenvalue weighted by molar-refractivity contribution is 0.0607. The summed E-state index contributed by atoms with van der Waals surface area (Å²) >= 11 is 0. The molecule has 0 unspecified atom stereocenters. The predicted octanol–water partition coefficient (Wildman–Crippen LogP) is 1.78. The van der Waals surface area contributed by atoms with Gasteiger partial charge in [-0.3, -0.25) is 4.90 Å². The van der Waals surface area contributed by atoms with Crippen LogP contribution in [0.15, 0.2) is 12.4 Å². The molecular formula is C14H19F2N3O2. The van der Waals surface area contributed by atoms with Gasteiger partial charge in [0.2, 0.25) is 5.88 Å². The van der Waals surface area contributed by atoms with Crippen LogP contribution in [0.25, 0.3) is 0 Å². The van der Waals surface area contributed by atoms with E-state index in [-0.39, 0.29) is 24.1 Å². The molecular weight excluding hydrogens is 280 g/mol. The summed E-state index contributed by atoms with van der Waals surface area (Å²) in [5.74, 6) is -0.0896. The highest BCUT2D eigenvalue weighted by Gasteiger charge is 2.48. The Morgan fingerprint density at radius 2 is 2.19 bits per heavy atom. The van der Waals surface area contributed by atoms with Crippen LogP contribution >= 0.6 is 0 Å². The van der Waals surface area contributed by atoms with E-state index in [0.29, 0.717) is 6.61 Å². The minimum atomic E-state index is -2.69. The van der Waals surface area contributed by atoms with Crippen LogP contribution in [0.2, 0.25) is 0 Å². The van der Waals surface area contributed by atoms with Gasteiger partial charge in [0.1, 0.15) is 6.61 Å². The van der Waals surface area contributed by atoms with Gasteiger partial charge in [-0.05, 0) is 32.2 Å². The number of aromatic nitrogens is 2. The summed E-state index contributed by atoms with van der Waals surface area (Å²) in [4.78, 5) is 9.75. The normalized spacial score (nSPS) is 29.0. The van der Waals surface area contributed by atoms with Gasteiger partial charge in [-0.2, -0.15) is 0 Å². The van der Waals surface area contributed by atoms with Crippen LogP contribution in [0.5, 0.6) is 5.88 Å². The topological polar surface area (TPSA) is 58.5 Å². The minimum Gasteiger partial charge on any atom is -0.475 e. The maximum absolute atomic E-state index is 12.8. The highest BCUT2D eigenvalue weighted by molar-refractivity contribution is 5.18. The number of fused-ring (bicyclic) bond motifs is 1. The molecule has 0 aromatic carbocycles. The van der Waals surface area contributed by atoms with Crippen molar-refractivity contribution in [3.8, 4) is 5.88 Å². The number of halogens is 2. The van der Waals surface area contributed by atoms with E-state index in [1.807, 2.05) is 0 Å². The fourth-order valence-electron chi connectivity index (χ4n) is 3.58. The van der Waals surface area contributed by atoms with Crippen molar-refractivity contribution in [2.24, 2.45) is 0 Å². The second kappa shape index (κ2) is 5.81. The molecule has 1 aromatic heterocycles. The molecule has 0 amide bonds. The maximum atomic E-state index is 12.8. The molecule has 0 saturated carbocycles. The average Bonchev–Trinajstić information content (AvgIpc) is 3.05. The van der Waals surface area contributed by atoms with Gasteiger partial charge in [0.25, 0.3) is 6.43 Å². The zero-order valence-electron chi connectivity index (χ0n) is 11.7. The highest BCUT2D eigenvalue weighted by Crippen LogP contribution is 2.42. The molecule has 2 fully saturated rings. The number of ether oxygens (including phenoxy) is 1. The van der Waals surface area contributed by atoms with Crippen molar-refractivity contribution < 1.29 is 18.6 Å². The monoisotopic (exact) mass is 299 g/mol. The summed E-state index contributed by atoms with van der Waals surface area (Å²) in [7, 11) is 0. The molecule has 2 aliphatic heterocycles. The smallest absolute Gasteiger partial charge is 0.285 e. The van der Waals surface area contributed by atoms with Crippen LogP contribution in [0, 0.1) is 0 Å². The van der Waals surface area contributed by atoms with Crippen molar-refractivity contribution in [3.63, 3.8) is 0 Å². The van der Waals surface area contributed by atoms with E-state index in [2.05, 4.69) is 14.9 Å². The van der Waals surface area contributed by atoms with Crippen LogP contribution < -0.4 is 4.74 Å². The molecule has 2 saturated heterocycles. The van der Waals surface area contributed by atoms with Crippen LogP contribution in [-0.2, 0) is 0 Å². The number of rotatable bonds is 5. The SMILES string of the molecule is OC[C@@]12CCCN1[C@H](COc1nccnc1C(F)F)CC2. The molecule has 0 radical (unpaired) electrons. The van der Waals surface area contributed by atoms with Crippen molar-refractivity contribution in [3.05, 3.63) is 18.1 Å². The van der Waals surface area contributed by atoms with Crippen LogP contribution in [0.4, 0.5) is 8.78 Å². The van der Waals surface area contributed by atoms with E-state index in [1.54, 1.807) is 0 Å². The van der Waals surface area contributed by atoms with Gasteiger partial charge < -0.3 is 9.84 Å². The Kier molecular flexibility index (Phi) is 4.03. The summed E-state index contributed by atoms with van der Waals surface area (Å²) < 4.78 is 31.2. The standard InChI is InChI=1S/C14H19F2N3O2/c15-12(16)11-13(18-6-5-17-11)21-8-10-2-4-14(9-20)3-1-7-19(10)14/h5-6,10,12,20H,1-4,7-9H2/t10-,14-/m0/s1. The van der Waals surface area contributed by atoms with Gasteiger partial charge in [0, 0.05) is 24.0 Å². The summed E-state index contributed by atoms with van der Waals surface area (Å²) in [6.45, 7) is 1.38. The van der Waals surface area contributed by atoms with Crippen molar-refractivity contribution in [2.45, 2.75) is 43.7 Å². The molecule has 0 spiro atoms. The fraction of sp³-hybridized carbons (Fsp3) is 0.714. The first-order valence-electron chi connectivity index (χ1n) is 7.26. The second-order valence-electron chi connectivity index (χ2n) is 5.73. The number of hydrogen-bond acceptors (Lipinski definition) is 5. The highest BCUT2D eigenvalue weighted by atomic mass is 19.3.